The molecule has 4 heteroatoms. The highest BCUT2D eigenvalue weighted by Gasteiger charge is 2.26. The molecule has 1 fully saturated rings. The molecule has 2 aliphatic rings. The number of carbonyl (C=O) groups is 1. The molecular formula is C16H24N2OS. The molecule has 0 amide bonds. The topological polar surface area (TPSA) is 33.2 Å². The van der Waals surface area contributed by atoms with E-state index in [-0.39, 0.29) is 5.78 Å². The van der Waals surface area contributed by atoms with Crippen molar-refractivity contribution in [3.8, 4) is 0 Å². The fourth-order valence-electron chi connectivity index (χ4n) is 3.37. The van der Waals surface area contributed by atoms with Gasteiger partial charge in [0.05, 0.1) is 0 Å². The van der Waals surface area contributed by atoms with Gasteiger partial charge >= 0.3 is 0 Å². The molecule has 2 heterocycles. The van der Waals surface area contributed by atoms with Gasteiger partial charge in [-0.25, -0.2) is 4.98 Å². The fraction of sp³-hybridized carbons (Fsp3) is 0.750. The smallest absolute Gasteiger partial charge is 0.186 e. The van der Waals surface area contributed by atoms with Crippen LogP contribution in [-0.4, -0.2) is 23.9 Å². The predicted octanol–water partition coefficient (Wildman–Crippen LogP) is 3.92. The lowest BCUT2D eigenvalue weighted by Gasteiger charge is -2.20. The molecule has 0 saturated carbocycles. The average Bonchev–Trinajstić information content (AvgIpc) is 2.70. The quantitative estimate of drug-likeness (QED) is 0.828. The fourth-order valence-corrected chi connectivity index (χ4v) is 4.54. The molecule has 0 N–H and O–H groups in total. The molecule has 1 atom stereocenters. The highest BCUT2D eigenvalue weighted by Crippen LogP contribution is 2.34. The Morgan fingerprint density at radius 2 is 2.05 bits per heavy atom. The highest BCUT2D eigenvalue weighted by atomic mass is 32.1. The van der Waals surface area contributed by atoms with E-state index in [1.165, 1.54) is 24.1 Å². The lowest BCUT2D eigenvalue weighted by molar-refractivity contribution is 0.0968. The molecule has 110 valence electrons. The standard InChI is InChI=1S/C16H24N2OS/c1-11(2)12-5-4-9-18(10-8-12)16-17-15-13(19)6-3-7-14(15)20-16/h11-12H,3-10H2,1-2H3. The van der Waals surface area contributed by atoms with Crippen LogP contribution in [-0.2, 0) is 6.42 Å². The minimum atomic E-state index is 0.253. The van der Waals surface area contributed by atoms with Crippen molar-refractivity contribution < 1.29 is 4.79 Å². The third-order valence-corrected chi connectivity index (χ3v) is 5.92. The summed E-state index contributed by atoms with van der Waals surface area (Å²) in [5.74, 6) is 1.88. The number of carbonyl (C=O) groups excluding carboxylic acids is 1. The summed E-state index contributed by atoms with van der Waals surface area (Å²) in [4.78, 5) is 20.2. The summed E-state index contributed by atoms with van der Waals surface area (Å²) in [5, 5.41) is 1.09. The lowest BCUT2D eigenvalue weighted by Crippen LogP contribution is -2.24. The number of hydrogen-bond donors (Lipinski definition) is 0. The summed E-state index contributed by atoms with van der Waals surface area (Å²) in [5.41, 5.74) is 0.779. The van der Waals surface area contributed by atoms with E-state index in [9.17, 15) is 4.79 Å². The van der Waals surface area contributed by atoms with Crippen LogP contribution in [0.1, 0.15) is 61.3 Å². The Morgan fingerprint density at radius 3 is 2.80 bits per heavy atom. The summed E-state index contributed by atoms with van der Waals surface area (Å²) in [6, 6.07) is 0. The lowest BCUT2D eigenvalue weighted by atomic mass is 9.89. The van der Waals surface area contributed by atoms with Gasteiger partial charge in [0, 0.05) is 24.4 Å². The van der Waals surface area contributed by atoms with Crippen LogP contribution < -0.4 is 4.90 Å². The van der Waals surface area contributed by atoms with Gasteiger partial charge in [-0.15, -0.1) is 11.3 Å². The minimum Gasteiger partial charge on any atom is -0.348 e. The monoisotopic (exact) mass is 292 g/mol. The number of nitrogens with zero attached hydrogens (tertiary/aromatic N) is 2. The van der Waals surface area contributed by atoms with E-state index >= 15 is 0 Å². The number of hydrogen-bond acceptors (Lipinski definition) is 4. The number of rotatable bonds is 2. The van der Waals surface area contributed by atoms with Crippen molar-refractivity contribution in [3.63, 3.8) is 0 Å². The third kappa shape index (κ3) is 2.76. The molecule has 0 radical (unpaired) electrons. The van der Waals surface area contributed by atoms with Gasteiger partial charge in [-0.05, 0) is 43.9 Å². The molecular weight excluding hydrogens is 268 g/mol. The van der Waals surface area contributed by atoms with Crippen LogP contribution in [0.3, 0.4) is 0 Å². The maximum Gasteiger partial charge on any atom is 0.186 e. The van der Waals surface area contributed by atoms with Crippen molar-refractivity contribution in [1.29, 1.82) is 0 Å². The van der Waals surface area contributed by atoms with E-state index in [0.29, 0.717) is 6.42 Å². The third-order valence-electron chi connectivity index (χ3n) is 4.74. The average molecular weight is 292 g/mol. The molecule has 1 aromatic rings. The first-order valence-electron chi connectivity index (χ1n) is 7.93. The number of Topliss-reactive ketones (excluding diaryl/α,β-unsaturated/α-hetero) is 1. The highest BCUT2D eigenvalue weighted by molar-refractivity contribution is 7.16. The zero-order chi connectivity index (χ0) is 14.1. The number of ketones is 1. The molecule has 0 aromatic carbocycles. The molecule has 3 rings (SSSR count). The first kappa shape index (κ1) is 14.1. The molecule has 1 aliphatic carbocycles. The SMILES string of the molecule is CC(C)C1CCCN(c2nc3c(s2)CCCC3=O)CC1. The summed E-state index contributed by atoms with van der Waals surface area (Å²) in [6.45, 7) is 6.87. The van der Waals surface area contributed by atoms with E-state index in [0.717, 1.165) is 48.6 Å². The van der Waals surface area contributed by atoms with E-state index < -0.39 is 0 Å². The van der Waals surface area contributed by atoms with Gasteiger partial charge in [-0.1, -0.05) is 13.8 Å². The van der Waals surface area contributed by atoms with Crippen molar-refractivity contribution in [2.45, 2.75) is 52.4 Å². The van der Waals surface area contributed by atoms with Gasteiger partial charge in [0.1, 0.15) is 5.69 Å². The van der Waals surface area contributed by atoms with Crippen molar-refractivity contribution in [2.24, 2.45) is 11.8 Å². The van der Waals surface area contributed by atoms with Gasteiger partial charge < -0.3 is 4.90 Å². The summed E-state index contributed by atoms with van der Waals surface area (Å²) < 4.78 is 0. The van der Waals surface area contributed by atoms with Gasteiger partial charge in [0.25, 0.3) is 0 Å². The predicted molar refractivity (Wildman–Crippen MR) is 83.8 cm³/mol. The van der Waals surface area contributed by atoms with Crippen LogP contribution in [0.2, 0.25) is 0 Å². The molecule has 1 saturated heterocycles. The number of aryl methyl sites for hydroxylation is 1. The van der Waals surface area contributed by atoms with Crippen molar-refractivity contribution in [3.05, 3.63) is 10.6 Å². The van der Waals surface area contributed by atoms with Crippen LogP contribution in [0.25, 0.3) is 0 Å². The Kier molecular flexibility index (Phi) is 4.11. The Bertz CT molecular complexity index is 495. The Hall–Kier alpha value is -0.900. The molecule has 1 unspecified atom stereocenters. The Morgan fingerprint density at radius 1 is 1.20 bits per heavy atom. The first-order valence-corrected chi connectivity index (χ1v) is 8.74. The van der Waals surface area contributed by atoms with E-state index in [2.05, 4.69) is 23.7 Å². The number of aromatic nitrogens is 1. The van der Waals surface area contributed by atoms with Gasteiger partial charge in [0.15, 0.2) is 10.9 Å². The van der Waals surface area contributed by atoms with Crippen LogP contribution in [0.5, 0.6) is 0 Å². The van der Waals surface area contributed by atoms with Crippen molar-refractivity contribution in [1.82, 2.24) is 4.98 Å². The molecule has 0 bridgehead atoms. The maximum atomic E-state index is 11.9. The summed E-state index contributed by atoms with van der Waals surface area (Å²) in [7, 11) is 0. The van der Waals surface area contributed by atoms with E-state index in [1.54, 1.807) is 11.3 Å². The van der Waals surface area contributed by atoms with E-state index in [1.807, 2.05) is 0 Å². The van der Waals surface area contributed by atoms with Crippen molar-refractivity contribution >= 4 is 22.3 Å². The largest absolute Gasteiger partial charge is 0.348 e. The van der Waals surface area contributed by atoms with Gasteiger partial charge in [-0.2, -0.15) is 0 Å². The van der Waals surface area contributed by atoms with E-state index in [4.69, 9.17) is 0 Å². The number of fused-ring (bicyclic) bond motifs is 1. The van der Waals surface area contributed by atoms with Crippen LogP contribution >= 0.6 is 11.3 Å². The van der Waals surface area contributed by atoms with Crippen molar-refractivity contribution in [2.75, 3.05) is 18.0 Å². The first-order chi connectivity index (χ1) is 9.65. The molecule has 1 aromatic heterocycles. The van der Waals surface area contributed by atoms with Crippen LogP contribution in [0.15, 0.2) is 0 Å². The second-order valence-electron chi connectivity index (χ2n) is 6.47. The minimum absolute atomic E-state index is 0.253. The molecule has 3 nitrogen and oxygen atoms in total. The summed E-state index contributed by atoms with van der Waals surface area (Å²) >= 11 is 1.76. The Labute approximate surface area is 125 Å². The second-order valence-corrected chi connectivity index (χ2v) is 7.53. The number of thiazole rings is 1. The van der Waals surface area contributed by atoms with Crippen LogP contribution in [0.4, 0.5) is 5.13 Å². The molecule has 1 aliphatic heterocycles. The zero-order valence-electron chi connectivity index (χ0n) is 12.5. The normalized spacial score (nSPS) is 23.9. The second kappa shape index (κ2) is 5.84. The van der Waals surface area contributed by atoms with Crippen LogP contribution in [0, 0.1) is 11.8 Å². The Balaban J connectivity index is 1.75. The van der Waals surface area contributed by atoms with Gasteiger partial charge in [-0.3, -0.25) is 4.79 Å². The molecule has 0 spiro atoms. The van der Waals surface area contributed by atoms with Gasteiger partial charge in [0.2, 0.25) is 0 Å². The molecule has 20 heavy (non-hydrogen) atoms. The summed E-state index contributed by atoms with van der Waals surface area (Å²) in [6.07, 6.45) is 6.57. The number of anilines is 1. The maximum absolute atomic E-state index is 11.9. The zero-order valence-corrected chi connectivity index (χ0v) is 13.3.